The normalized spacial score (nSPS) is 9.78. The highest BCUT2D eigenvalue weighted by Gasteiger charge is 2.07. The molecule has 0 fully saturated rings. The van der Waals surface area contributed by atoms with Crippen LogP contribution in [0.25, 0.3) is 0 Å². The van der Waals surface area contributed by atoms with Crippen molar-refractivity contribution in [3.05, 3.63) is 53.1 Å². The van der Waals surface area contributed by atoms with Gasteiger partial charge in [0.05, 0.1) is 11.6 Å². The Balaban J connectivity index is 1.83. The predicted octanol–water partition coefficient (Wildman–Crippen LogP) is 4.54. The van der Waals surface area contributed by atoms with Crippen LogP contribution in [0.4, 0.5) is 13.6 Å². The molecule has 0 unspecified atom stereocenters. The molecule has 0 saturated carbocycles. The summed E-state index contributed by atoms with van der Waals surface area (Å²) in [6.45, 7) is 2.02. The molecular weight excluding hydrogens is 380 g/mol. The number of carbonyl (C=O) groups is 1. The monoisotopic (exact) mass is 395 g/mol. The third-order valence-electron chi connectivity index (χ3n) is 3.06. The van der Waals surface area contributed by atoms with Crippen LogP contribution in [0, 0.1) is 23.5 Å². The van der Waals surface area contributed by atoms with E-state index in [1.54, 1.807) is 13.0 Å². The topological polar surface area (TPSA) is 56.8 Å². The number of benzene rings is 2. The number of hydrogen-bond donors (Lipinski definition) is 1. The quantitative estimate of drug-likeness (QED) is 0.552. The van der Waals surface area contributed by atoms with Gasteiger partial charge < -0.3 is 19.5 Å². The fourth-order valence-corrected chi connectivity index (χ4v) is 2.15. The Morgan fingerprint density at radius 1 is 1.15 bits per heavy atom. The van der Waals surface area contributed by atoms with Crippen LogP contribution in [0.1, 0.15) is 6.92 Å². The summed E-state index contributed by atoms with van der Waals surface area (Å²) in [6, 6.07) is 7.39. The van der Waals surface area contributed by atoms with Crippen molar-refractivity contribution < 1.29 is 27.8 Å². The average molecular weight is 396 g/mol. The third kappa shape index (κ3) is 7.04. The van der Waals surface area contributed by atoms with Crippen molar-refractivity contribution in [1.82, 2.24) is 5.32 Å². The van der Waals surface area contributed by atoms with Gasteiger partial charge in [-0.05, 0) is 19.1 Å². The average Bonchev–Trinajstić information content (AvgIpc) is 2.59. The second kappa shape index (κ2) is 10.2. The molecule has 1 N–H and O–H groups in total. The first-order valence-corrected chi connectivity index (χ1v) is 8.22. The minimum absolute atomic E-state index is 0.00714. The molecule has 0 saturated heterocycles. The molecule has 0 aliphatic rings. The number of nitrogens with one attached hydrogen (secondary N) is 1. The first-order valence-electron chi connectivity index (χ1n) is 7.84. The summed E-state index contributed by atoms with van der Waals surface area (Å²) in [5, 5.41) is 2.73. The van der Waals surface area contributed by atoms with Crippen LogP contribution in [0.2, 0.25) is 5.02 Å². The van der Waals surface area contributed by atoms with Gasteiger partial charge in [-0.25, -0.2) is 13.6 Å². The van der Waals surface area contributed by atoms with Crippen LogP contribution < -0.4 is 14.8 Å². The second-order valence-electron chi connectivity index (χ2n) is 5.08. The summed E-state index contributed by atoms with van der Waals surface area (Å²) in [4.78, 5) is 11.3. The van der Waals surface area contributed by atoms with Gasteiger partial charge in [-0.2, -0.15) is 0 Å². The zero-order valence-corrected chi connectivity index (χ0v) is 15.1. The number of alkyl carbamates (subject to hydrolysis) is 1. The van der Waals surface area contributed by atoms with Gasteiger partial charge in [-0.15, -0.1) is 5.92 Å². The lowest BCUT2D eigenvalue weighted by atomic mass is 10.3. The van der Waals surface area contributed by atoms with E-state index in [-0.39, 0.29) is 36.3 Å². The predicted molar refractivity (Wildman–Crippen MR) is 96.2 cm³/mol. The first-order chi connectivity index (χ1) is 13.0. The van der Waals surface area contributed by atoms with Crippen molar-refractivity contribution >= 4 is 17.7 Å². The highest BCUT2D eigenvalue weighted by molar-refractivity contribution is 6.32. The van der Waals surface area contributed by atoms with Crippen molar-refractivity contribution in [2.75, 3.05) is 19.8 Å². The molecule has 8 heteroatoms. The molecular formula is C19H16ClF2NO4. The van der Waals surface area contributed by atoms with Crippen LogP contribution in [-0.2, 0) is 4.74 Å². The highest BCUT2D eigenvalue weighted by Crippen LogP contribution is 2.31. The van der Waals surface area contributed by atoms with Crippen molar-refractivity contribution in [2.24, 2.45) is 0 Å². The van der Waals surface area contributed by atoms with E-state index < -0.39 is 17.7 Å². The minimum atomic E-state index is -0.746. The van der Waals surface area contributed by atoms with E-state index in [1.807, 2.05) is 0 Å². The summed E-state index contributed by atoms with van der Waals surface area (Å²) in [5.74, 6) is 4.36. The second-order valence-corrected chi connectivity index (χ2v) is 5.48. The van der Waals surface area contributed by atoms with Crippen LogP contribution in [0.5, 0.6) is 17.2 Å². The number of hydrogen-bond acceptors (Lipinski definition) is 4. The van der Waals surface area contributed by atoms with Crippen molar-refractivity contribution in [2.45, 2.75) is 6.92 Å². The first kappa shape index (κ1) is 20.3. The van der Waals surface area contributed by atoms with Gasteiger partial charge in [0, 0.05) is 24.3 Å². The Morgan fingerprint density at radius 2 is 1.89 bits per heavy atom. The molecule has 2 aromatic rings. The maximum atomic E-state index is 13.2. The van der Waals surface area contributed by atoms with Gasteiger partial charge in [-0.3, -0.25) is 0 Å². The van der Waals surface area contributed by atoms with E-state index in [1.165, 1.54) is 12.1 Å². The van der Waals surface area contributed by atoms with E-state index in [0.29, 0.717) is 5.75 Å². The number of rotatable bonds is 7. The van der Waals surface area contributed by atoms with Gasteiger partial charge in [0.1, 0.15) is 35.5 Å². The summed E-state index contributed by atoms with van der Waals surface area (Å²) < 4.78 is 42.0. The number of carbonyl (C=O) groups excluding carboxylic acids is 1. The molecule has 0 heterocycles. The number of amides is 1. The molecule has 0 aliphatic heterocycles. The zero-order chi connectivity index (χ0) is 19.6. The molecule has 0 radical (unpaired) electrons. The summed E-state index contributed by atoms with van der Waals surface area (Å²) in [6.07, 6.45) is -0.599. The smallest absolute Gasteiger partial charge is 0.408 e. The van der Waals surface area contributed by atoms with E-state index in [4.69, 9.17) is 25.8 Å². The maximum absolute atomic E-state index is 13.2. The molecule has 142 valence electrons. The Hall–Kier alpha value is -2.98. The van der Waals surface area contributed by atoms with Crippen molar-refractivity contribution in [3.8, 4) is 29.1 Å². The van der Waals surface area contributed by atoms with Gasteiger partial charge in [0.15, 0.2) is 6.61 Å². The zero-order valence-electron chi connectivity index (χ0n) is 14.4. The molecule has 2 rings (SSSR count). The van der Waals surface area contributed by atoms with E-state index >= 15 is 0 Å². The summed E-state index contributed by atoms with van der Waals surface area (Å²) in [5.41, 5.74) is 0. The Labute approximate surface area is 160 Å². The number of ether oxygens (including phenoxy) is 3. The summed E-state index contributed by atoms with van der Waals surface area (Å²) >= 11 is 6.10. The van der Waals surface area contributed by atoms with Crippen LogP contribution >= 0.6 is 11.6 Å². The van der Waals surface area contributed by atoms with Gasteiger partial charge >= 0.3 is 6.09 Å². The lowest BCUT2D eigenvalue weighted by Crippen LogP contribution is -2.28. The third-order valence-corrected chi connectivity index (χ3v) is 3.35. The molecule has 2 aromatic carbocycles. The highest BCUT2D eigenvalue weighted by atomic mass is 35.5. The fourth-order valence-electron chi connectivity index (χ4n) is 1.92. The van der Waals surface area contributed by atoms with Gasteiger partial charge in [0.25, 0.3) is 0 Å². The van der Waals surface area contributed by atoms with Crippen LogP contribution in [-0.4, -0.2) is 25.9 Å². The van der Waals surface area contributed by atoms with E-state index in [0.717, 1.165) is 18.2 Å². The van der Waals surface area contributed by atoms with E-state index in [2.05, 4.69) is 17.2 Å². The molecule has 0 aliphatic carbocycles. The van der Waals surface area contributed by atoms with Crippen LogP contribution in [0.15, 0.2) is 36.4 Å². The SMILES string of the molecule is CC#CCOC(=O)NCCOc1ccc(Oc2cc(F)cc(F)c2)cc1Cl. The van der Waals surface area contributed by atoms with Crippen molar-refractivity contribution in [3.63, 3.8) is 0 Å². The molecule has 27 heavy (non-hydrogen) atoms. The molecule has 0 atom stereocenters. The molecule has 0 aromatic heterocycles. The van der Waals surface area contributed by atoms with Gasteiger partial charge in [-0.1, -0.05) is 17.5 Å². The molecule has 5 nitrogen and oxygen atoms in total. The van der Waals surface area contributed by atoms with E-state index in [9.17, 15) is 13.6 Å². The standard InChI is InChI=1S/C19H16ClF2NO4/c1-2-3-7-26-19(24)23-6-8-25-18-5-4-15(12-17(18)20)27-16-10-13(21)9-14(22)11-16/h4-5,9-12H,6-8H2,1H3,(H,23,24). The number of halogens is 3. The van der Waals surface area contributed by atoms with Crippen LogP contribution in [0.3, 0.4) is 0 Å². The Morgan fingerprint density at radius 3 is 2.56 bits per heavy atom. The summed E-state index contributed by atoms with van der Waals surface area (Å²) in [7, 11) is 0. The maximum Gasteiger partial charge on any atom is 0.408 e. The Bertz CT molecular complexity index is 844. The molecule has 0 spiro atoms. The van der Waals surface area contributed by atoms with Crippen molar-refractivity contribution in [1.29, 1.82) is 0 Å². The lowest BCUT2D eigenvalue weighted by molar-refractivity contribution is 0.157. The Kier molecular flexibility index (Phi) is 7.71. The fraction of sp³-hybridized carbons (Fsp3) is 0.211. The molecule has 0 bridgehead atoms. The minimum Gasteiger partial charge on any atom is -0.490 e. The largest absolute Gasteiger partial charge is 0.490 e. The van der Waals surface area contributed by atoms with Gasteiger partial charge in [0.2, 0.25) is 0 Å². The lowest BCUT2D eigenvalue weighted by Gasteiger charge is -2.11. The molecule has 1 amide bonds.